The van der Waals surface area contributed by atoms with Gasteiger partial charge in [0.15, 0.2) is 0 Å². The van der Waals surface area contributed by atoms with Gasteiger partial charge in [-0.2, -0.15) is 0 Å². The third-order valence-corrected chi connectivity index (χ3v) is 3.07. The zero-order chi connectivity index (χ0) is 15.4. The van der Waals surface area contributed by atoms with Crippen molar-refractivity contribution in [2.75, 3.05) is 19.0 Å². The Bertz CT molecular complexity index is 656. The number of halogens is 1. The number of hydrogen-bond donors (Lipinski definition) is 2. The average Bonchev–Trinajstić information content (AvgIpc) is 2.45. The van der Waals surface area contributed by atoms with Gasteiger partial charge in [-0.3, -0.25) is 5.41 Å². The summed E-state index contributed by atoms with van der Waals surface area (Å²) < 4.78 is 19.3. The molecule has 0 unspecified atom stereocenters. The van der Waals surface area contributed by atoms with Crippen LogP contribution in [0.1, 0.15) is 11.1 Å². The van der Waals surface area contributed by atoms with E-state index < -0.39 is 5.82 Å². The van der Waals surface area contributed by atoms with Crippen LogP contribution in [0.3, 0.4) is 0 Å². The Kier molecular flexibility index (Phi) is 4.42. The van der Waals surface area contributed by atoms with Crippen LogP contribution in [-0.2, 0) is 6.61 Å². The highest BCUT2D eigenvalue weighted by Crippen LogP contribution is 2.22. The lowest BCUT2D eigenvalue weighted by Gasteiger charge is -2.15. The standard InChI is InChI=1S/C16H18FN3O/c1-20(2)12-6-3-5-11(9-12)10-21-14-8-4-7-13(17)15(14)16(18)19/h3-9H,10H2,1-2H3,(H3,18,19). The summed E-state index contributed by atoms with van der Waals surface area (Å²) in [5.74, 6) is -0.620. The number of amidine groups is 1. The summed E-state index contributed by atoms with van der Waals surface area (Å²) in [4.78, 5) is 1.99. The molecule has 3 N–H and O–H groups in total. The number of nitrogen functional groups attached to an aromatic ring is 1. The fraction of sp³-hybridized carbons (Fsp3) is 0.188. The van der Waals surface area contributed by atoms with Crippen LogP contribution < -0.4 is 15.4 Å². The van der Waals surface area contributed by atoms with Crippen LogP contribution in [0.15, 0.2) is 42.5 Å². The normalized spacial score (nSPS) is 10.2. The molecule has 4 nitrogen and oxygen atoms in total. The quantitative estimate of drug-likeness (QED) is 0.656. The van der Waals surface area contributed by atoms with Crippen molar-refractivity contribution in [2.24, 2.45) is 5.73 Å². The Balaban J connectivity index is 2.19. The number of nitrogens with one attached hydrogen (secondary N) is 1. The van der Waals surface area contributed by atoms with E-state index in [4.69, 9.17) is 15.9 Å². The van der Waals surface area contributed by atoms with Crippen molar-refractivity contribution in [3.8, 4) is 5.75 Å². The van der Waals surface area contributed by atoms with Crippen LogP contribution in [0.25, 0.3) is 0 Å². The van der Waals surface area contributed by atoms with E-state index >= 15 is 0 Å². The minimum Gasteiger partial charge on any atom is -0.488 e. The second-order valence-electron chi connectivity index (χ2n) is 4.88. The molecule has 0 atom stereocenters. The van der Waals surface area contributed by atoms with Crippen molar-refractivity contribution in [1.82, 2.24) is 0 Å². The van der Waals surface area contributed by atoms with Crippen LogP contribution in [0.5, 0.6) is 5.75 Å². The minimum atomic E-state index is -0.554. The molecule has 2 aromatic carbocycles. The van der Waals surface area contributed by atoms with Crippen LogP contribution >= 0.6 is 0 Å². The second kappa shape index (κ2) is 6.26. The van der Waals surface area contributed by atoms with Crippen molar-refractivity contribution in [3.05, 3.63) is 59.4 Å². The molecule has 0 aromatic heterocycles. The Morgan fingerprint density at radius 1 is 1.24 bits per heavy atom. The Hall–Kier alpha value is -2.56. The average molecular weight is 287 g/mol. The first-order valence-corrected chi connectivity index (χ1v) is 6.51. The second-order valence-corrected chi connectivity index (χ2v) is 4.88. The van der Waals surface area contributed by atoms with E-state index in [0.717, 1.165) is 11.3 Å². The first-order valence-electron chi connectivity index (χ1n) is 6.51. The topological polar surface area (TPSA) is 62.3 Å². The lowest BCUT2D eigenvalue weighted by atomic mass is 10.1. The lowest BCUT2D eigenvalue weighted by Crippen LogP contribution is -2.15. The number of anilines is 1. The monoisotopic (exact) mass is 287 g/mol. The van der Waals surface area contributed by atoms with Gasteiger partial charge >= 0.3 is 0 Å². The number of ether oxygens (including phenoxy) is 1. The van der Waals surface area contributed by atoms with E-state index in [-0.39, 0.29) is 23.8 Å². The van der Waals surface area contributed by atoms with Crippen molar-refractivity contribution >= 4 is 11.5 Å². The fourth-order valence-corrected chi connectivity index (χ4v) is 1.97. The van der Waals surface area contributed by atoms with Gasteiger partial charge in [0.2, 0.25) is 0 Å². The predicted molar refractivity (Wildman–Crippen MR) is 82.5 cm³/mol. The highest BCUT2D eigenvalue weighted by atomic mass is 19.1. The van der Waals surface area contributed by atoms with Gasteiger partial charge in [-0.1, -0.05) is 18.2 Å². The lowest BCUT2D eigenvalue weighted by molar-refractivity contribution is 0.304. The molecule has 0 amide bonds. The van der Waals surface area contributed by atoms with E-state index in [1.165, 1.54) is 12.1 Å². The van der Waals surface area contributed by atoms with E-state index in [1.807, 2.05) is 43.3 Å². The summed E-state index contributed by atoms with van der Waals surface area (Å²) in [6.07, 6.45) is 0. The molecule has 0 heterocycles. The fourth-order valence-electron chi connectivity index (χ4n) is 1.97. The molecular formula is C16H18FN3O. The van der Waals surface area contributed by atoms with Gasteiger partial charge in [-0.15, -0.1) is 0 Å². The molecule has 2 aromatic rings. The highest BCUT2D eigenvalue weighted by Gasteiger charge is 2.12. The van der Waals surface area contributed by atoms with Gasteiger partial charge < -0.3 is 15.4 Å². The van der Waals surface area contributed by atoms with E-state index in [0.29, 0.717) is 0 Å². The third kappa shape index (κ3) is 3.51. The first kappa shape index (κ1) is 14.8. The van der Waals surface area contributed by atoms with Gasteiger partial charge in [-0.05, 0) is 29.8 Å². The highest BCUT2D eigenvalue weighted by molar-refractivity contribution is 5.97. The van der Waals surface area contributed by atoms with Crippen molar-refractivity contribution in [2.45, 2.75) is 6.61 Å². The van der Waals surface area contributed by atoms with E-state index in [9.17, 15) is 4.39 Å². The first-order chi connectivity index (χ1) is 9.99. The molecule has 5 heteroatoms. The summed E-state index contributed by atoms with van der Waals surface area (Å²) in [5.41, 5.74) is 7.42. The van der Waals surface area contributed by atoms with Crippen LogP contribution in [-0.4, -0.2) is 19.9 Å². The summed E-state index contributed by atoms with van der Waals surface area (Å²) >= 11 is 0. The molecule has 110 valence electrons. The molecule has 0 saturated heterocycles. The molecule has 0 aliphatic carbocycles. The van der Waals surface area contributed by atoms with Gasteiger partial charge in [0, 0.05) is 19.8 Å². The largest absolute Gasteiger partial charge is 0.488 e. The maximum absolute atomic E-state index is 13.7. The molecule has 0 aliphatic heterocycles. The maximum atomic E-state index is 13.7. The maximum Gasteiger partial charge on any atom is 0.137 e. The summed E-state index contributed by atoms with van der Waals surface area (Å²) in [5, 5.41) is 7.44. The Labute approximate surface area is 123 Å². The van der Waals surface area contributed by atoms with Crippen molar-refractivity contribution in [3.63, 3.8) is 0 Å². The molecule has 0 radical (unpaired) electrons. The Morgan fingerprint density at radius 2 is 1.95 bits per heavy atom. The van der Waals surface area contributed by atoms with Crippen LogP contribution in [0.4, 0.5) is 10.1 Å². The molecule has 0 saturated carbocycles. The number of benzene rings is 2. The molecule has 0 bridgehead atoms. The zero-order valence-corrected chi connectivity index (χ0v) is 12.1. The van der Waals surface area contributed by atoms with Crippen molar-refractivity contribution in [1.29, 1.82) is 5.41 Å². The predicted octanol–water partition coefficient (Wildman–Crippen LogP) is 2.75. The minimum absolute atomic E-state index is 0.00117. The number of nitrogens with zero attached hydrogens (tertiary/aromatic N) is 1. The third-order valence-electron chi connectivity index (χ3n) is 3.07. The van der Waals surface area contributed by atoms with Gasteiger partial charge in [0.25, 0.3) is 0 Å². The zero-order valence-electron chi connectivity index (χ0n) is 12.1. The number of hydrogen-bond acceptors (Lipinski definition) is 3. The van der Waals surface area contributed by atoms with Crippen LogP contribution in [0.2, 0.25) is 0 Å². The van der Waals surface area contributed by atoms with Crippen molar-refractivity contribution < 1.29 is 9.13 Å². The smallest absolute Gasteiger partial charge is 0.137 e. The molecular weight excluding hydrogens is 269 g/mol. The molecule has 0 spiro atoms. The molecule has 2 rings (SSSR count). The molecule has 0 aliphatic rings. The Morgan fingerprint density at radius 3 is 2.62 bits per heavy atom. The van der Waals surface area contributed by atoms with E-state index in [2.05, 4.69) is 0 Å². The summed E-state index contributed by atoms with van der Waals surface area (Å²) in [6.45, 7) is 0.283. The van der Waals surface area contributed by atoms with Gasteiger partial charge in [-0.25, -0.2) is 4.39 Å². The molecule has 21 heavy (non-hydrogen) atoms. The number of nitrogens with two attached hydrogens (primary N) is 1. The number of rotatable bonds is 5. The molecule has 0 fully saturated rings. The van der Waals surface area contributed by atoms with Gasteiger partial charge in [0.05, 0.1) is 5.56 Å². The van der Waals surface area contributed by atoms with E-state index in [1.54, 1.807) is 6.07 Å². The SMILES string of the molecule is CN(C)c1cccc(COc2cccc(F)c2C(=N)N)c1. The van der Waals surface area contributed by atoms with Gasteiger partial charge in [0.1, 0.15) is 24.0 Å². The van der Waals surface area contributed by atoms with Crippen LogP contribution in [0, 0.1) is 11.2 Å². The summed E-state index contributed by atoms with van der Waals surface area (Å²) in [6, 6.07) is 12.3. The summed E-state index contributed by atoms with van der Waals surface area (Å²) in [7, 11) is 3.92.